The predicted octanol–water partition coefficient (Wildman–Crippen LogP) is 3.41. The quantitative estimate of drug-likeness (QED) is 0.708. The van der Waals surface area contributed by atoms with Crippen molar-refractivity contribution in [1.29, 1.82) is 0 Å². The summed E-state index contributed by atoms with van der Waals surface area (Å²) in [5.41, 5.74) is 4.45. The van der Waals surface area contributed by atoms with E-state index in [1.807, 2.05) is 38.1 Å². The lowest BCUT2D eigenvalue weighted by Crippen LogP contribution is -2.03. The zero-order chi connectivity index (χ0) is 13.4. The minimum absolute atomic E-state index is 0.0421. The van der Waals surface area contributed by atoms with Crippen LogP contribution in [0, 0.1) is 13.8 Å². The summed E-state index contributed by atoms with van der Waals surface area (Å²) in [4.78, 5) is 19.8. The van der Waals surface area contributed by atoms with E-state index in [2.05, 4.69) is 9.97 Å². The third-order valence-corrected chi connectivity index (χ3v) is 3.37. The van der Waals surface area contributed by atoms with Gasteiger partial charge in [-0.25, -0.2) is 0 Å². The van der Waals surface area contributed by atoms with Crippen LogP contribution in [-0.4, -0.2) is 15.8 Å². The Balaban J connectivity index is 2.16. The van der Waals surface area contributed by atoms with E-state index in [0.717, 1.165) is 27.6 Å². The Bertz CT molecular complexity index is 771. The SMILES string of the molecule is Cc1ccc(C)c(C(=O)c2c[nH]c3ccncc23)c1. The van der Waals surface area contributed by atoms with Gasteiger partial charge in [-0.3, -0.25) is 9.78 Å². The molecule has 0 spiro atoms. The van der Waals surface area contributed by atoms with E-state index in [1.54, 1.807) is 18.6 Å². The molecule has 0 fully saturated rings. The number of aryl methyl sites for hydroxylation is 2. The number of carbonyl (C=O) groups is 1. The molecule has 3 heteroatoms. The van der Waals surface area contributed by atoms with Crippen molar-refractivity contribution in [3.8, 4) is 0 Å². The molecule has 94 valence electrons. The lowest BCUT2D eigenvalue weighted by Gasteiger charge is -2.05. The molecule has 2 heterocycles. The van der Waals surface area contributed by atoms with Gasteiger partial charge in [0.1, 0.15) is 0 Å². The van der Waals surface area contributed by atoms with E-state index in [0.29, 0.717) is 5.56 Å². The summed E-state index contributed by atoms with van der Waals surface area (Å²) in [7, 11) is 0. The third kappa shape index (κ3) is 1.93. The van der Waals surface area contributed by atoms with Crippen LogP contribution in [0.2, 0.25) is 0 Å². The highest BCUT2D eigenvalue weighted by Crippen LogP contribution is 2.22. The van der Waals surface area contributed by atoms with Crippen molar-refractivity contribution >= 4 is 16.7 Å². The molecule has 0 saturated heterocycles. The molecule has 19 heavy (non-hydrogen) atoms. The van der Waals surface area contributed by atoms with Gasteiger partial charge in [0.25, 0.3) is 0 Å². The summed E-state index contributed by atoms with van der Waals surface area (Å²) in [6.45, 7) is 3.95. The van der Waals surface area contributed by atoms with E-state index in [9.17, 15) is 4.79 Å². The third-order valence-electron chi connectivity index (χ3n) is 3.37. The van der Waals surface area contributed by atoms with Crippen LogP contribution in [0.1, 0.15) is 27.0 Å². The number of nitrogens with zero attached hydrogens (tertiary/aromatic N) is 1. The van der Waals surface area contributed by atoms with E-state index in [1.165, 1.54) is 0 Å². The largest absolute Gasteiger partial charge is 0.360 e. The molecule has 0 aliphatic carbocycles. The monoisotopic (exact) mass is 250 g/mol. The van der Waals surface area contributed by atoms with Gasteiger partial charge in [0, 0.05) is 40.6 Å². The van der Waals surface area contributed by atoms with E-state index in [4.69, 9.17) is 0 Å². The lowest BCUT2D eigenvalue weighted by atomic mass is 9.97. The van der Waals surface area contributed by atoms with Crippen molar-refractivity contribution in [2.45, 2.75) is 13.8 Å². The van der Waals surface area contributed by atoms with Gasteiger partial charge in [0.2, 0.25) is 0 Å². The first-order chi connectivity index (χ1) is 9.16. The van der Waals surface area contributed by atoms with Gasteiger partial charge in [0.15, 0.2) is 5.78 Å². The van der Waals surface area contributed by atoms with Crippen molar-refractivity contribution in [3.63, 3.8) is 0 Å². The molecule has 3 aromatic rings. The van der Waals surface area contributed by atoms with E-state index in [-0.39, 0.29) is 5.78 Å². The van der Waals surface area contributed by atoms with Crippen LogP contribution in [0.25, 0.3) is 10.9 Å². The number of rotatable bonds is 2. The number of carbonyl (C=O) groups excluding carboxylic acids is 1. The zero-order valence-electron chi connectivity index (χ0n) is 10.9. The second kappa shape index (κ2) is 4.35. The summed E-state index contributed by atoms with van der Waals surface area (Å²) in [6.07, 6.45) is 5.20. The Kier molecular flexibility index (Phi) is 2.67. The summed E-state index contributed by atoms with van der Waals surface area (Å²) in [5, 5.41) is 0.869. The summed E-state index contributed by atoms with van der Waals surface area (Å²) >= 11 is 0. The van der Waals surface area contributed by atoms with E-state index < -0.39 is 0 Å². The van der Waals surface area contributed by atoms with Crippen LogP contribution in [0.3, 0.4) is 0 Å². The number of fused-ring (bicyclic) bond motifs is 1. The zero-order valence-corrected chi connectivity index (χ0v) is 10.9. The number of ketones is 1. The Morgan fingerprint density at radius 3 is 2.84 bits per heavy atom. The van der Waals surface area contributed by atoms with Crippen LogP contribution in [-0.2, 0) is 0 Å². The number of aromatic amines is 1. The van der Waals surface area contributed by atoms with Crippen molar-refractivity contribution in [2.24, 2.45) is 0 Å². The summed E-state index contributed by atoms with van der Waals surface area (Å²) < 4.78 is 0. The molecule has 2 aromatic heterocycles. The number of benzene rings is 1. The highest BCUT2D eigenvalue weighted by Gasteiger charge is 2.16. The maximum atomic E-state index is 12.6. The van der Waals surface area contributed by atoms with Gasteiger partial charge in [-0.2, -0.15) is 0 Å². The Hall–Kier alpha value is -2.42. The second-order valence-corrected chi connectivity index (χ2v) is 4.77. The fraction of sp³-hybridized carbons (Fsp3) is 0.125. The standard InChI is InChI=1S/C16H14N2O/c1-10-3-4-11(2)12(7-10)16(19)14-9-18-15-5-6-17-8-13(14)15/h3-9,18H,1-2H3. The Morgan fingerprint density at radius 2 is 2.00 bits per heavy atom. The van der Waals surface area contributed by atoms with Crippen LogP contribution < -0.4 is 0 Å². The second-order valence-electron chi connectivity index (χ2n) is 4.77. The molecule has 0 saturated carbocycles. The first-order valence-corrected chi connectivity index (χ1v) is 6.20. The Labute approximate surface area is 111 Å². The topological polar surface area (TPSA) is 45.8 Å². The lowest BCUT2D eigenvalue weighted by molar-refractivity contribution is 0.103. The molecular weight excluding hydrogens is 236 g/mol. The number of pyridine rings is 1. The minimum Gasteiger partial charge on any atom is -0.360 e. The number of aromatic nitrogens is 2. The van der Waals surface area contributed by atoms with Gasteiger partial charge in [-0.1, -0.05) is 17.7 Å². The molecule has 3 nitrogen and oxygen atoms in total. The van der Waals surface area contributed by atoms with Gasteiger partial charge in [0.05, 0.1) is 0 Å². The molecule has 1 aromatic carbocycles. The molecule has 0 aliphatic heterocycles. The van der Waals surface area contributed by atoms with E-state index >= 15 is 0 Å². The normalized spacial score (nSPS) is 10.8. The highest BCUT2D eigenvalue weighted by atomic mass is 16.1. The minimum atomic E-state index is 0.0421. The molecule has 0 amide bonds. The number of H-pyrrole nitrogens is 1. The van der Waals surface area contributed by atoms with Crippen LogP contribution >= 0.6 is 0 Å². The number of hydrogen-bond acceptors (Lipinski definition) is 2. The first-order valence-electron chi connectivity index (χ1n) is 6.20. The maximum Gasteiger partial charge on any atom is 0.195 e. The average molecular weight is 250 g/mol. The van der Waals surface area contributed by atoms with Crippen molar-refractivity contribution in [1.82, 2.24) is 9.97 Å². The summed E-state index contributed by atoms with van der Waals surface area (Å²) in [6, 6.07) is 7.81. The van der Waals surface area contributed by atoms with Gasteiger partial charge in [-0.05, 0) is 31.5 Å². The smallest absolute Gasteiger partial charge is 0.195 e. The number of nitrogens with one attached hydrogen (secondary N) is 1. The van der Waals surface area contributed by atoms with Crippen molar-refractivity contribution in [3.05, 3.63) is 65.1 Å². The first kappa shape index (κ1) is 11.7. The van der Waals surface area contributed by atoms with Crippen LogP contribution in [0.15, 0.2) is 42.9 Å². The van der Waals surface area contributed by atoms with Crippen molar-refractivity contribution < 1.29 is 4.79 Å². The Morgan fingerprint density at radius 1 is 1.16 bits per heavy atom. The van der Waals surface area contributed by atoms with Gasteiger partial charge < -0.3 is 4.98 Å². The average Bonchev–Trinajstić information content (AvgIpc) is 2.84. The fourth-order valence-corrected chi connectivity index (χ4v) is 2.28. The van der Waals surface area contributed by atoms with Gasteiger partial charge in [-0.15, -0.1) is 0 Å². The summed E-state index contributed by atoms with van der Waals surface area (Å²) in [5.74, 6) is 0.0421. The fourth-order valence-electron chi connectivity index (χ4n) is 2.28. The molecule has 0 bridgehead atoms. The predicted molar refractivity (Wildman–Crippen MR) is 75.4 cm³/mol. The molecule has 0 atom stereocenters. The molecular formula is C16H14N2O. The highest BCUT2D eigenvalue weighted by molar-refractivity contribution is 6.16. The van der Waals surface area contributed by atoms with Crippen LogP contribution in [0.4, 0.5) is 0 Å². The molecule has 0 unspecified atom stereocenters. The van der Waals surface area contributed by atoms with Crippen molar-refractivity contribution in [2.75, 3.05) is 0 Å². The molecule has 0 radical (unpaired) electrons. The molecule has 3 rings (SSSR count). The molecule has 0 aliphatic rings. The van der Waals surface area contributed by atoms with Gasteiger partial charge >= 0.3 is 0 Å². The van der Waals surface area contributed by atoms with Crippen LogP contribution in [0.5, 0.6) is 0 Å². The molecule has 1 N–H and O–H groups in total. The number of hydrogen-bond donors (Lipinski definition) is 1. The maximum absolute atomic E-state index is 12.6.